The van der Waals surface area contributed by atoms with Gasteiger partial charge in [0.2, 0.25) is 0 Å². The molecular formula is C21H26N2O3. The summed E-state index contributed by atoms with van der Waals surface area (Å²) in [5, 5.41) is 13.1. The third-order valence-electron chi connectivity index (χ3n) is 4.96. The van der Waals surface area contributed by atoms with Crippen molar-refractivity contribution in [3.63, 3.8) is 0 Å². The molecule has 26 heavy (non-hydrogen) atoms. The van der Waals surface area contributed by atoms with E-state index in [1.807, 2.05) is 41.3 Å². The first kappa shape index (κ1) is 18.1. The second-order valence-corrected chi connectivity index (χ2v) is 6.68. The molecule has 0 heterocycles. The summed E-state index contributed by atoms with van der Waals surface area (Å²) >= 11 is 0. The Balaban J connectivity index is 1.82. The highest BCUT2D eigenvalue weighted by atomic mass is 16.5. The number of nitrogens with one attached hydrogen (secondary N) is 1. The lowest BCUT2D eigenvalue weighted by molar-refractivity contribution is 0.162. The topological polar surface area (TPSA) is 61.8 Å². The summed E-state index contributed by atoms with van der Waals surface area (Å²) < 4.78 is 5.34. The number of hydrogen-bond acceptors (Lipinski definition) is 3. The van der Waals surface area contributed by atoms with Crippen LogP contribution in [0.15, 0.2) is 48.5 Å². The first-order chi connectivity index (χ1) is 12.7. The van der Waals surface area contributed by atoms with Gasteiger partial charge in [0.25, 0.3) is 0 Å². The van der Waals surface area contributed by atoms with Crippen molar-refractivity contribution >= 4 is 11.7 Å². The lowest BCUT2D eigenvalue weighted by atomic mass is 9.94. The summed E-state index contributed by atoms with van der Waals surface area (Å²) in [7, 11) is 1.59. The van der Waals surface area contributed by atoms with Crippen molar-refractivity contribution in [3.05, 3.63) is 54.1 Å². The second kappa shape index (κ2) is 8.61. The molecule has 1 aliphatic carbocycles. The van der Waals surface area contributed by atoms with Gasteiger partial charge in [-0.3, -0.25) is 0 Å². The summed E-state index contributed by atoms with van der Waals surface area (Å²) in [6, 6.07) is 14.6. The lowest BCUT2D eigenvalue weighted by Crippen LogP contribution is -2.43. The van der Waals surface area contributed by atoms with E-state index in [-0.39, 0.29) is 17.8 Å². The number of amides is 2. The number of aromatic hydroxyl groups is 1. The summed E-state index contributed by atoms with van der Waals surface area (Å²) in [6.07, 6.45) is 5.46. The average Bonchev–Trinajstić information content (AvgIpc) is 2.68. The number of hydrogen-bond donors (Lipinski definition) is 2. The van der Waals surface area contributed by atoms with Crippen molar-refractivity contribution in [2.24, 2.45) is 0 Å². The second-order valence-electron chi connectivity index (χ2n) is 6.68. The van der Waals surface area contributed by atoms with Gasteiger partial charge in [0.15, 0.2) is 0 Å². The van der Waals surface area contributed by atoms with Crippen molar-refractivity contribution in [1.82, 2.24) is 4.90 Å². The molecule has 0 saturated heterocycles. The van der Waals surface area contributed by atoms with Crippen molar-refractivity contribution in [2.75, 3.05) is 12.4 Å². The van der Waals surface area contributed by atoms with Crippen LogP contribution in [0.4, 0.5) is 10.5 Å². The maximum Gasteiger partial charge on any atom is 0.322 e. The van der Waals surface area contributed by atoms with Crippen LogP contribution in [0.2, 0.25) is 0 Å². The molecule has 2 amide bonds. The van der Waals surface area contributed by atoms with Gasteiger partial charge in [-0.15, -0.1) is 0 Å². The van der Waals surface area contributed by atoms with Gasteiger partial charge in [-0.2, -0.15) is 0 Å². The zero-order valence-corrected chi connectivity index (χ0v) is 15.1. The van der Waals surface area contributed by atoms with Gasteiger partial charge in [-0.05, 0) is 31.0 Å². The number of benzene rings is 2. The fraction of sp³-hybridized carbons (Fsp3) is 0.381. The molecule has 0 bridgehead atoms. The number of rotatable bonds is 5. The molecule has 0 spiro atoms. The maximum absolute atomic E-state index is 13.1. The number of methoxy groups -OCH3 is 1. The fourth-order valence-corrected chi connectivity index (χ4v) is 3.52. The van der Waals surface area contributed by atoms with Gasteiger partial charge in [0, 0.05) is 11.6 Å². The predicted molar refractivity (Wildman–Crippen MR) is 103 cm³/mol. The first-order valence-electron chi connectivity index (χ1n) is 9.16. The van der Waals surface area contributed by atoms with Crippen LogP contribution in [0.5, 0.6) is 11.5 Å². The molecule has 5 heteroatoms. The molecule has 138 valence electrons. The minimum Gasteiger partial charge on any atom is -0.508 e. The largest absolute Gasteiger partial charge is 0.508 e. The van der Waals surface area contributed by atoms with E-state index in [0.717, 1.165) is 31.2 Å². The number of ether oxygens (including phenoxy) is 1. The van der Waals surface area contributed by atoms with E-state index in [9.17, 15) is 9.90 Å². The number of phenols is 1. The minimum atomic E-state index is -0.162. The zero-order chi connectivity index (χ0) is 18.4. The molecule has 2 N–H and O–H groups in total. The van der Waals surface area contributed by atoms with E-state index in [2.05, 4.69) is 5.32 Å². The van der Waals surface area contributed by atoms with Crippen LogP contribution in [0.3, 0.4) is 0 Å². The van der Waals surface area contributed by atoms with Gasteiger partial charge in [-0.25, -0.2) is 4.79 Å². The van der Waals surface area contributed by atoms with E-state index in [0.29, 0.717) is 18.0 Å². The van der Waals surface area contributed by atoms with Gasteiger partial charge in [-0.1, -0.05) is 49.6 Å². The minimum absolute atomic E-state index is 0.162. The molecule has 0 radical (unpaired) electrons. The normalized spacial score (nSPS) is 14.7. The zero-order valence-electron chi connectivity index (χ0n) is 15.1. The summed E-state index contributed by atoms with van der Waals surface area (Å²) in [6.45, 7) is 0.387. The first-order valence-corrected chi connectivity index (χ1v) is 9.16. The van der Waals surface area contributed by atoms with Crippen LogP contribution in [0.25, 0.3) is 0 Å². The number of para-hydroxylation sites is 3. The SMILES string of the molecule is COc1ccccc1NC(=O)N(Cc1ccccc1O)C1CCCCC1. The van der Waals surface area contributed by atoms with E-state index < -0.39 is 0 Å². The molecule has 0 aromatic heterocycles. The van der Waals surface area contributed by atoms with Crippen molar-refractivity contribution in [3.8, 4) is 11.5 Å². The van der Waals surface area contributed by atoms with E-state index in [1.54, 1.807) is 19.2 Å². The van der Waals surface area contributed by atoms with Crippen LogP contribution in [0, 0.1) is 0 Å². The summed E-state index contributed by atoms with van der Waals surface area (Å²) in [5.41, 5.74) is 1.41. The molecule has 0 atom stereocenters. The quantitative estimate of drug-likeness (QED) is 0.813. The van der Waals surface area contributed by atoms with E-state index in [4.69, 9.17) is 4.74 Å². The van der Waals surface area contributed by atoms with Crippen LogP contribution < -0.4 is 10.1 Å². The number of carbonyl (C=O) groups excluding carboxylic acids is 1. The van der Waals surface area contributed by atoms with Gasteiger partial charge in [0.05, 0.1) is 19.3 Å². The van der Waals surface area contributed by atoms with Gasteiger partial charge in [0.1, 0.15) is 11.5 Å². The molecule has 0 unspecified atom stereocenters. The van der Waals surface area contributed by atoms with Gasteiger partial charge < -0.3 is 20.1 Å². The highest BCUT2D eigenvalue weighted by molar-refractivity contribution is 5.91. The molecule has 1 saturated carbocycles. The van der Waals surface area contributed by atoms with Crippen molar-refractivity contribution in [2.45, 2.75) is 44.7 Å². The number of nitrogens with zero attached hydrogens (tertiary/aromatic N) is 1. The van der Waals surface area contributed by atoms with E-state index >= 15 is 0 Å². The Labute approximate surface area is 154 Å². The lowest BCUT2D eigenvalue weighted by Gasteiger charge is -2.34. The Morgan fingerprint density at radius 3 is 2.54 bits per heavy atom. The van der Waals surface area contributed by atoms with Crippen LogP contribution in [0.1, 0.15) is 37.7 Å². The maximum atomic E-state index is 13.1. The van der Waals surface area contributed by atoms with Crippen molar-refractivity contribution in [1.29, 1.82) is 0 Å². The number of anilines is 1. The highest BCUT2D eigenvalue weighted by Crippen LogP contribution is 2.29. The van der Waals surface area contributed by atoms with Gasteiger partial charge >= 0.3 is 6.03 Å². The smallest absolute Gasteiger partial charge is 0.322 e. The molecule has 0 aliphatic heterocycles. The molecule has 2 aromatic rings. The summed E-state index contributed by atoms with van der Waals surface area (Å²) in [4.78, 5) is 14.9. The molecule has 3 rings (SSSR count). The fourth-order valence-electron chi connectivity index (χ4n) is 3.52. The average molecular weight is 354 g/mol. The Morgan fingerprint density at radius 1 is 1.12 bits per heavy atom. The van der Waals surface area contributed by atoms with Crippen LogP contribution in [-0.4, -0.2) is 29.2 Å². The Kier molecular flexibility index (Phi) is 6.00. The molecule has 1 fully saturated rings. The number of carbonyl (C=O) groups is 1. The third kappa shape index (κ3) is 4.28. The summed E-state index contributed by atoms with van der Waals surface area (Å²) in [5.74, 6) is 0.852. The molecule has 1 aliphatic rings. The molecule has 2 aromatic carbocycles. The van der Waals surface area contributed by atoms with Crippen molar-refractivity contribution < 1.29 is 14.6 Å². The van der Waals surface area contributed by atoms with Crippen LogP contribution >= 0.6 is 0 Å². The Hall–Kier alpha value is -2.69. The Morgan fingerprint density at radius 2 is 1.81 bits per heavy atom. The molecule has 5 nitrogen and oxygen atoms in total. The molecular weight excluding hydrogens is 328 g/mol. The highest BCUT2D eigenvalue weighted by Gasteiger charge is 2.26. The van der Waals surface area contributed by atoms with Crippen LogP contribution in [-0.2, 0) is 6.54 Å². The monoisotopic (exact) mass is 354 g/mol. The predicted octanol–water partition coefficient (Wildman–Crippen LogP) is 4.77. The van der Waals surface area contributed by atoms with E-state index in [1.165, 1.54) is 6.42 Å². The number of urea groups is 1. The Bertz CT molecular complexity index is 742. The standard InChI is InChI=1S/C21H26N2O3/c1-26-20-14-8-6-12-18(20)22-21(25)23(17-10-3-2-4-11-17)15-16-9-5-7-13-19(16)24/h5-9,12-14,17,24H,2-4,10-11,15H2,1H3,(H,22,25). The number of phenolic OH excluding ortho intramolecular Hbond substituents is 1. The third-order valence-corrected chi connectivity index (χ3v) is 4.96.